The summed E-state index contributed by atoms with van der Waals surface area (Å²) in [7, 11) is 4.99. The number of ether oxygens (including phenoxy) is 3. The second-order valence-corrected chi connectivity index (χ2v) is 8.10. The number of hydrogen-bond acceptors (Lipinski definition) is 5. The van der Waals surface area contributed by atoms with Gasteiger partial charge in [0, 0.05) is 22.5 Å². The van der Waals surface area contributed by atoms with Crippen LogP contribution in [0.15, 0.2) is 84.0 Å². The van der Waals surface area contributed by atoms with Crippen LogP contribution in [0.3, 0.4) is 0 Å². The quantitative estimate of drug-likeness (QED) is 0.209. The Morgan fingerprint density at radius 2 is 1.43 bits per heavy atom. The van der Waals surface area contributed by atoms with Crippen molar-refractivity contribution >= 4 is 5.71 Å². The van der Waals surface area contributed by atoms with E-state index in [0.29, 0.717) is 6.61 Å². The van der Waals surface area contributed by atoms with E-state index in [1.165, 1.54) is 0 Å². The molecule has 6 heteroatoms. The van der Waals surface area contributed by atoms with Gasteiger partial charge in [-0.2, -0.15) is 0 Å². The average Bonchev–Trinajstić information content (AvgIpc) is 3.25. The highest BCUT2D eigenvalue weighted by molar-refractivity contribution is 6.01. The number of hydrogen-bond donors (Lipinski definition) is 0. The fourth-order valence-electron chi connectivity index (χ4n) is 4.05. The molecule has 1 heterocycles. The Labute approximate surface area is 206 Å². The van der Waals surface area contributed by atoms with Crippen LogP contribution in [0.1, 0.15) is 23.7 Å². The normalized spacial score (nSPS) is 11.3. The Hall–Kier alpha value is -4.19. The maximum absolute atomic E-state index is 5.70. The smallest absolute Gasteiger partial charge is 0.142 e. The van der Waals surface area contributed by atoms with Gasteiger partial charge in [-0.1, -0.05) is 29.4 Å². The van der Waals surface area contributed by atoms with Crippen molar-refractivity contribution in [3.63, 3.8) is 0 Å². The van der Waals surface area contributed by atoms with Gasteiger partial charge >= 0.3 is 0 Å². The first-order valence-corrected chi connectivity index (χ1v) is 11.3. The number of benzene rings is 3. The summed E-state index contributed by atoms with van der Waals surface area (Å²) in [6.07, 6.45) is 0. The molecule has 3 aromatic carbocycles. The first-order valence-electron chi connectivity index (χ1n) is 11.3. The maximum atomic E-state index is 5.70. The van der Waals surface area contributed by atoms with Crippen molar-refractivity contribution < 1.29 is 19.0 Å². The minimum Gasteiger partial charge on any atom is -0.497 e. The summed E-state index contributed by atoms with van der Waals surface area (Å²) in [6.45, 7) is 4.40. The summed E-state index contributed by atoms with van der Waals surface area (Å²) in [6, 6.07) is 26.0. The summed E-state index contributed by atoms with van der Waals surface area (Å²) in [4.78, 5) is 5.70. The molecule has 0 unspecified atom stereocenters. The molecule has 1 aromatic heterocycles. The Morgan fingerprint density at radius 3 is 2.11 bits per heavy atom. The summed E-state index contributed by atoms with van der Waals surface area (Å²) in [5.41, 5.74) is 6.94. The molecule has 0 aliphatic carbocycles. The largest absolute Gasteiger partial charge is 0.497 e. The molecule has 180 valence electrons. The molecular formula is C29H30N2O4. The van der Waals surface area contributed by atoms with Crippen LogP contribution < -0.4 is 14.2 Å². The lowest BCUT2D eigenvalue weighted by Gasteiger charge is -2.13. The van der Waals surface area contributed by atoms with Gasteiger partial charge in [-0.25, -0.2) is 0 Å². The van der Waals surface area contributed by atoms with Crippen molar-refractivity contribution in [1.29, 1.82) is 0 Å². The third-order valence-electron chi connectivity index (χ3n) is 5.90. The van der Waals surface area contributed by atoms with Gasteiger partial charge in [0.1, 0.15) is 23.9 Å². The van der Waals surface area contributed by atoms with Crippen molar-refractivity contribution in [1.82, 2.24) is 4.57 Å². The second kappa shape index (κ2) is 10.8. The van der Waals surface area contributed by atoms with Crippen LogP contribution >= 0.6 is 0 Å². The number of oxime groups is 1. The van der Waals surface area contributed by atoms with Gasteiger partial charge in [-0.15, -0.1) is 0 Å². The van der Waals surface area contributed by atoms with E-state index in [2.05, 4.69) is 28.8 Å². The molecule has 0 amide bonds. The van der Waals surface area contributed by atoms with Crippen molar-refractivity contribution in [2.75, 3.05) is 21.3 Å². The van der Waals surface area contributed by atoms with Crippen LogP contribution in [-0.2, 0) is 11.4 Å². The lowest BCUT2D eigenvalue weighted by atomic mass is 10.1. The van der Waals surface area contributed by atoms with Gasteiger partial charge in [-0.05, 0) is 74.0 Å². The molecule has 0 atom stereocenters. The highest BCUT2D eigenvalue weighted by Crippen LogP contribution is 2.32. The molecular weight excluding hydrogens is 440 g/mol. The van der Waals surface area contributed by atoms with Crippen LogP contribution in [0.2, 0.25) is 0 Å². The molecule has 0 aliphatic heterocycles. The Morgan fingerprint density at radius 1 is 0.771 bits per heavy atom. The lowest BCUT2D eigenvalue weighted by Crippen LogP contribution is -2.03. The van der Waals surface area contributed by atoms with Gasteiger partial charge < -0.3 is 23.6 Å². The van der Waals surface area contributed by atoms with Crippen LogP contribution in [-0.4, -0.2) is 31.6 Å². The van der Waals surface area contributed by atoms with Crippen LogP contribution in [0.4, 0.5) is 0 Å². The zero-order valence-electron chi connectivity index (χ0n) is 20.7. The van der Waals surface area contributed by atoms with E-state index in [-0.39, 0.29) is 0 Å². The minimum absolute atomic E-state index is 0.357. The number of rotatable bonds is 9. The molecule has 0 fully saturated rings. The van der Waals surface area contributed by atoms with Gasteiger partial charge in [0.25, 0.3) is 0 Å². The predicted molar refractivity (Wildman–Crippen MR) is 139 cm³/mol. The minimum atomic E-state index is 0.357. The molecule has 0 spiro atoms. The van der Waals surface area contributed by atoms with Crippen molar-refractivity contribution in [2.45, 2.75) is 20.5 Å². The summed E-state index contributed by atoms with van der Waals surface area (Å²) >= 11 is 0. The molecule has 4 rings (SSSR count). The molecule has 6 nitrogen and oxygen atoms in total. The average molecular weight is 471 g/mol. The van der Waals surface area contributed by atoms with Crippen molar-refractivity contribution in [3.05, 3.63) is 95.7 Å². The Bertz CT molecular complexity index is 1320. The monoisotopic (exact) mass is 470 g/mol. The highest BCUT2D eigenvalue weighted by Gasteiger charge is 2.17. The van der Waals surface area contributed by atoms with Crippen LogP contribution in [0.5, 0.6) is 17.2 Å². The molecule has 0 N–H and O–H groups in total. The topological polar surface area (TPSA) is 54.2 Å². The third-order valence-corrected chi connectivity index (χ3v) is 5.90. The zero-order chi connectivity index (χ0) is 24.8. The van der Waals surface area contributed by atoms with Crippen LogP contribution in [0, 0.1) is 6.92 Å². The molecule has 0 radical (unpaired) electrons. The molecule has 0 saturated heterocycles. The van der Waals surface area contributed by atoms with E-state index < -0.39 is 0 Å². The first-order chi connectivity index (χ1) is 17.0. The summed E-state index contributed by atoms with van der Waals surface area (Å²) in [5.74, 6) is 2.41. The molecule has 35 heavy (non-hydrogen) atoms. The van der Waals surface area contributed by atoms with E-state index in [0.717, 1.165) is 56.7 Å². The first kappa shape index (κ1) is 24.0. The fraction of sp³-hybridized carbons (Fsp3) is 0.207. The predicted octanol–water partition coefficient (Wildman–Crippen LogP) is 6.42. The van der Waals surface area contributed by atoms with Crippen molar-refractivity contribution in [3.8, 4) is 34.2 Å². The highest BCUT2D eigenvalue weighted by atomic mass is 16.6. The Kier molecular flexibility index (Phi) is 7.41. The van der Waals surface area contributed by atoms with Gasteiger partial charge in [-0.3, -0.25) is 0 Å². The van der Waals surface area contributed by atoms with Gasteiger partial charge in [0.15, 0.2) is 0 Å². The number of nitrogens with zero attached hydrogens (tertiary/aromatic N) is 2. The molecule has 0 bridgehead atoms. The molecule has 4 aromatic rings. The fourth-order valence-corrected chi connectivity index (χ4v) is 4.05. The van der Waals surface area contributed by atoms with Crippen molar-refractivity contribution in [2.24, 2.45) is 5.16 Å². The van der Waals surface area contributed by atoms with Gasteiger partial charge in [0.2, 0.25) is 0 Å². The summed E-state index contributed by atoms with van der Waals surface area (Å²) < 4.78 is 18.3. The van der Waals surface area contributed by atoms with E-state index in [1.54, 1.807) is 21.3 Å². The van der Waals surface area contributed by atoms with Gasteiger partial charge in [0.05, 0.1) is 32.7 Å². The SMILES string of the molecule is COc1ccc(-n2c(-c3cccc(OC)c3)cc(/C(C)=N\OCc3cccc(OC)c3)c2C)cc1. The zero-order valence-corrected chi connectivity index (χ0v) is 20.7. The number of aromatic nitrogens is 1. The lowest BCUT2D eigenvalue weighted by molar-refractivity contribution is 0.130. The second-order valence-electron chi connectivity index (χ2n) is 8.10. The molecule has 0 saturated carbocycles. The molecule has 0 aliphatic rings. The number of methoxy groups -OCH3 is 3. The summed E-state index contributed by atoms with van der Waals surface area (Å²) in [5, 5.41) is 4.43. The van der Waals surface area contributed by atoms with E-state index in [1.807, 2.05) is 73.7 Å². The standard InChI is InChI=1S/C29H30N2O4/c1-20(30-35-19-22-8-6-10-26(16-22)33-4)28-18-29(23-9-7-11-27(17-23)34-5)31(21(28)2)24-12-14-25(32-3)15-13-24/h6-18H,19H2,1-5H3/b30-20-. The van der Waals surface area contributed by atoms with E-state index in [9.17, 15) is 0 Å². The van der Waals surface area contributed by atoms with E-state index >= 15 is 0 Å². The third kappa shape index (κ3) is 5.32. The van der Waals surface area contributed by atoms with Crippen LogP contribution in [0.25, 0.3) is 16.9 Å². The Balaban J connectivity index is 1.71. The maximum Gasteiger partial charge on any atom is 0.142 e. The van der Waals surface area contributed by atoms with E-state index in [4.69, 9.17) is 19.0 Å².